The Morgan fingerprint density at radius 1 is 1.16 bits per heavy atom. The molecule has 1 heteroatoms. The monoisotopic (exact) mass is 259 g/mol. The average Bonchev–Trinajstić information content (AvgIpc) is 2.83. The minimum Gasteiger partial charge on any atom is -0.307 e. The Kier molecular flexibility index (Phi) is 4.67. The van der Waals surface area contributed by atoms with Crippen molar-refractivity contribution in [2.24, 2.45) is 11.3 Å². The van der Waals surface area contributed by atoms with E-state index in [1.165, 1.54) is 31.2 Å². The first kappa shape index (κ1) is 14.6. The quantitative estimate of drug-likeness (QED) is 0.807. The van der Waals surface area contributed by atoms with Crippen molar-refractivity contribution in [3.8, 4) is 0 Å². The molecule has 1 fully saturated rings. The van der Waals surface area contributed by atoms with Crippen LogP contribution in [0.15, 0.2) is 30.3 Å². The summed E-state index contributed by atoms with van der Waals surface area (Å²) in [5.74, 6) is 0.939. The Bertz CT molecular complexity index is 376. The van der Waals surface area contributed by atoms with E-state index in [4.69, 9.17) is 0 Å². The predicted molar refractivity (Wildman–Crippen MR) is 83.2 cm³/mol. The Hall–Kier alpha value is -0.820. The third-order valence-electron chi connectivity index (χ3n) is 4.52. The van der Waals surface area contributed by atoms with Crippen molar-refractivity contribution < 1.29 is 0 Å². The van der Waals surface area contributed by atoms with Crippen LogP contribution in [-0.2, 0) is 0 Å². The standard InChI is InChI=1S/C18H29N/c1-5-14-11-12-16(13-14)19-17(18(2,3)4)15-9-7-6-8-10-15/h6-10,14,16-17,19H,5,11-13H2,1-4H3. The van der Waals surface area contributed by atoms with Gasteiger partial charge in [0, 0.05) is 12.1 Å². The van der Waals surface area contributed by atoms with Crippen LogP contribution in [0, 0.1) is 11.3 Å². The molecule has 2 rings (SSSR count). The highest BCUT2D eigenvalue weighted by Gasteiger charge is 2.31. The maximum absolute atomic E-state index is 3.94. The third-order valence-corrected chi connectivity index (χ3v) is 4.52. The smallest absolute Gasteiger partial charge is 0.0371 e. The summed E-state index contributed by atoms with van der Waals surface area (Å²) in [6, 6.07) is 12.1. The van der Waals surface area contributed by atoms with E-state index in [2.05, 4.69) is 63.3 Å². The van der Waals surface area contributed by atoms with Gasteiger partial charge in [0.05, 0.1) is 0 Å². The molecule has 106 valence electrons. The second-order valence-electron chi connectivity index (χ2n) is 7.16. The van der Waals surface area contributed by atoms with Crippen molar-refractivity contribution >= 4 is 0 Å². The molecular weight excluding hydrogens is 230 g/mol. The van der Waals surface area contributed by atoms with Gasteiger partial charge in [-0.25, -0.2) is 0 Å². The summed E-state index contributed by atoms with van der Waals surface area (Å²) < 4.78 is 0. The van der Waals surface area contributed by atoms with Crippen molar-refractivity contribution in [2.75, 3.05) is 0 Å². The van der Waals surface area contributed by atoms with Gasteiger partial charge in [-0.15, -0.1) is 0 Å². The third kappa shape index (κ3) is 3.82. The van der Waals surface area contributed by atoms with Crippen molar-refractivity contribution in [3.05, 3.63) is 35.9 Å². The van der Waals surface area contributed by atoms with Gasteiger partial charge in [-0.1, -0.05) is 64.4 Å². The Balaban J connectivity index is 2.08. The van der Waals surface area contributed by atoms with Crippen LogP contribution in [-0.4, -0.2) is 6.04 Å². The van der Waals surface area contributed by atoms with E-state index in [-0.39, 0.29) is 5.41 Å². The molecule has 0 aliphatic heterocycles. The summed E-state index contributed by atoms with van der Waals surface area (Å²) in [6.07, 6.45) is 5.44. The highest BCUT2D eigenvalue weighted by molar-refractivity contribution is 5.21. The van der Waals surface area contributed by atoms with E-state index in [0.717, 1.165) is 5.92 Å². The lowest BCUT2D eigenvalue weighted by Crippen LogP contribution is -2.38. The molecule has 0 aromatic heterocycles. The SMILES string of the molecule is CCC1CCC(NC(c2ccccc2)C(C)(C)C)C1. The van der Waals surface area contributed by atoms with E-state index in [9.17, 15) is 0 Å². The van der Waals surface area contributed by atoms with Gasteiger partial charge in [0.15, 0.2) is 0 Å². The molecule has 0 saturated heterocycles. The molecule has 0 heterocycles. The number of hydrogen-bond acceptors (Lipinski definition) is 1. The molecule has 0 amide bonds. The van der Waals surface area contributed by atoms with Crippen molar-refractivity contribution in [3.63, 3.8) is 0 Å². The van der Waals surface area contributed by atoms with Crippen LogP contribution in [0.4, 0.5) is 0 Å². The molecule has 0 bridgehead atoms. The molecule has 1 aromatic carbocycles. The van der Waals surface area contributed by atoms with Gasteiger partial charge in [0.25, 0.3) is 0 Å². The first-order valence-electron chi connectivity index (χ1n) is 7.81. The molecule has 1 N–H and O–H groups in total. The normalized spacial score (nSPS) is 25.5. The Morgan fingerprint density at radius 2 is 1.84 bits per heavy atom. The molecule has 1 aliphatic rings. The van der Waals surface area contributed by atoms with Gasteiger partial charge >= 0.3 is 0 Å². The van der Waals surface area contributed by atoms with Crippen LogP contribution in [0.3, 0.4) is 0 Å². The number of benzene rings is 1. The van der Waals surface area contributed by atoms with E-state index in [0.29, 0.717) is 12.1 Å². The summed E-state index contributed by atoms with van der Waals surface area (Å²) in [6.45, 7) is 9.34. The van der Waals surface area contributed by atoms with Gasteiger partial charge in [0.1, 0.15) is 0 Å². The van der Waals surface area contributed by atoms with E-state index in [1.807, 2.05) is 0 Å². The topological polar surface area (TPSA) is 12.0 Å². The van der Waals surface area contributed by atoms with E-state index < -0.39 is 0 Å². The molecule has 1 saturated carbocycles. The lowest BCUT2D eigenvalue weighted by Gasteiger charge is -2.34. The molecule has 3 unspecified atom stereocenters. The van der Waals surface area contributed by atoms with Gasteiger partial charge in [0.2, 0.25) is 0 Å². The Labute approximate surface area is 118 Å². The molecule has 1 nitrogen and oxygen atoms in total. The zero-order valence-corrected chi connectivity index (χ0v) is 12.9. The van der Waals surface area contributed by atoms with Gasteiger partial charge in [-0.2, -0.15) is 0 Å². The van der Waals surface area contributed by atoms with Crippen LogP contribution in [0.2, 0.25) is 0 Å². The van der Waals surface area contributed by atoms with Crippen LogP contribution < -0.4 is 5.32 Å². The second kappa shape index (κ2) is 6.09. The fourth-order valence-corrected chi connectivity index (χ4v) is 3.32. The molecule has 3 atom stereocenters. The first-order valence-corrected chi connectivity index (χ1v) is 7.81. The zero-order valence-electron chi connectivity index (χ0n) is 12.9. The number of nitrogens with one attached hydrogen (secondary N) is 1. The van der Waals surface area contributed by atoms with Gasteiger partial charge in [-0.05, 0) is 36.2 Å². The summed E-state index contributed by atoms with van der Waals surface area (Å²) in [5, 5.41) is 3.94. The predicted octanol–water partition coefficient (Wildman–Crippen LogP) is 4.94. The van der Waals surface area contributed by atoms with Crippen LogP contribution >= 0.6 is 0 Å². The van der Waals surface area contributed by atoms with Crippen molar-refractivity contribution in [2.45, 2.75) is 65.5 Å². The molecule has 1 aliphatic carbocycles. The summed E-state index contributed by atoms with van der Waals surface area (Å²) in [5.41, 5.74) is 1.68. The second-order valence-corrected chi connectivity index (χ2v) is 7.16. The highest BCUT2D eigenvalue weighted by atomic mass is 15.0. The molecule has 1 aromatic rings. The highest BCUT2D eigenvalue weighted by Crippen LogP contribution is 2.36. The largest absolute Gasteiger partial charge is 0.307 e. The fraction of sp³-hybridized carbons (Fsp3) is 0.667. The minimum atomic E-state index is 0.256. The van der Waals surface area contributed by atoms with Crippen molar-refractivity contribution in [1.29, 1.82) is 0 Å². The average molecular weight is 259 g/mol. The van der Waals surface area contributed by atoms with Crippen LogP contribution in [0.25, 0.3) is 0 Å². The number of rotatable bonds is 4. The maximum Gasteiger partial charge on any atom is 0.0371 e. The van der Waals surface area contributed by atoms with Gasteiger partial charge in [-0.3, -0.25) is 0 Å². The lowest BCUT2D eigenvalue weighted by molar-refractivity contribution is 0.247. The van der Waals surface area contributed by atoms with E-state index >= 15 is 0 Å². The molecule has 0 spiro atoms. The molecular formula is C18H29N. The lowest BCUT2D eigenvalue weighted by atomic mass is 9.82. The molecule has 0 radical (unpaired) electrons. The van der Waals surface area contributed by atoms with Gasteiger partial charge < -0.3 is 5.32 Å². The maximum atomic E-state index is 3.94. The summed E-state index contributed by atoms with van der Waals surface area (Å²) in [4.78, 5) is 0. The minimum absolute atomic E-state index is 0.256. The molecule has 19 heavy (non-hydrogen) atoms. The Morgan fingerprint density at radius 3 is 2.37 bits per heavy atom. The number of hydrogen-bond donors (Lipinski definition) is 1. The van der Waals surface area contributed by atoms with Crippen molar-refractivity contribution in [1.82, 2.24) is 5.32 Å². The summed E-state index contributed by atoms with van der Waals surface area (Å²) in [7, 11) is 0. The zero-order chi connectivity index (χ0) is 13.9. The van der Waals surface area contributed by atoms with Crippen LogP contribution in [0.5, 0.6) is 0 Å². The summed E-state index contributed by atoms with van der Waals surface area (Å²) >= 11 is 0. The van der Waals surface area contributed by atoms with Crippen LogP contribution in [0.1, 0.15) is 65.0 Å². The first-order chi connectivity index (χ1) is 9.00. The fourth-order valence-electron chi connectivity index (χ4n) is 3.32. The van der Waals surface area contributed by atoms with E-state index in [1.54, 1.807) is 0 Å².